The molecule has 0 amide bonds. The van der Waals surface area contributed by atoms with E-state index in [-0.39, 0.29) is 0 Å². The minimum atomic E-state index is 0.608. The van der Waals surface area contributed by atoms with E-state index in [1.165, 1.54) is 23.8 Å². The summed E-state index contributed by atoms with van der Waals surface area (Å²) in [5.41, 5.74) is 3.47. The zero-order valence-corrected chi connectivity index (χ0v) is 11.3. The fraction of sp³-hybridized carbons (Fsp3) is 0.400. The molecule has 1 N–H and O–H groups in total. The molecule has 18 heavy (non-hydrogen) atoms. The van der Waals surface area contributed by atoms with Crippen molar-refractivity contribution in [3.05, 3.63) is 40.5 Å². The molecule has 2 heterocycles. The third kappa shape index (κ3) is 2.23. The van der Waals surface area contributed by atoms with Crippen LogP contribution in [0.2, 0.25) is 5.15 Å². The minimum Gasteiger partial charge on any atom is -0.317 e. The summed E-state index contributed by atoms with van der Waals surface area (Å²) in [5, 5.41) is 5.22. The molecule has 3 rings (SSSR count). The summed E-state index contributed by atoms with van der Waals surface area (Å²) < 4.78 is 0. The van der Waals surface area contributed by atoms with Crippen LogP contribution in [-0.2, 0) is 0 Å². The zero-order chi connectivity index (χ0) is 12.5. The number of halogens is 1. The molecule has 1 aromatic heterocycles. The first-order valence-electron chi connectivity index (χ1n) is 6.51. The van der Waals surface area contributed by atoms with Gasteiger partial charge in [-0.3, -0.25) is 0 Å². The van der Waals surface area contributed by atoms with E-state index < -0.39 is 0 Å². The fourth-order valence-electron chi connectivity index (χ4n) is 2.69. The summed E-state index contributed by atoms with van der Waals surface area (Å²) in [7, 11) is 0. The van der Waals surface area contributed by atoms with Crippen molar-refractivity contribution in [2.75, 3.05) is 13.1 Å². The molecule has 1 fully saturated rings. The van der Waals surface area contributed by atoms with Gasteiger partial charge >= 0.3 is 0 Å². The smallest absolute Gasteiger partial charge is 0.132 e. The van der Waals surface area contributed by atoms with Gasteiger partial charge in [-0.25, -0.2) is 4.98 Å². The van der Waals surface area contributed by atoms with E-state index in [1.54, 1.807) is 0 Å². The van der Waals surface area contributed by atoms with Crippen LogP contribution in [0.3, 0.4) is 0 Å². The standard InChI is InChI=1S/C15H17ClN2/c1-10-8-13-9-12(11-4-6-17-7-5-11)2-3-14(13)18-15(10)16/h2-3,8-9,11,17H,4-7H2,1H3. The van der Waals surface area contributed by atoms with Crippen LogP contribution < -0.4 is 5.32 Å². The summed E-state index contributed by atoms with van der Waals surface area (Å²) >= 11 is 6.06. The number of hydrogen-bond donors (Lipinski definition) is 1. The first-order chi connectivity index (χ1) is 8.74. The van der Waals surface area contributed by atoms with Gasteiger partial charge < -0.3 is 5.32 Å². The van der Waals surface area contributed by atoms with Crippen LogP contribution in [0.25, 0.3) is 10.9 Å². The van der Waals surface area contributed by atoms with Crippen molar-refractivity contribution in [1.29, 1.82) is 0 Å². The molecule has 3 heteroatoms. The lowest BCUT2D eigenvalue weighted by Crippen LogP contribution is -2.26. The maximum atomic E-state index is 6.06. The molecule has 0 atom stereocenters. The van der Waals surface area contributed by atoms with Crippen molar-refractivity contribution in [1.82, 2.24) is 10.3 Å². The number of pyridine rings is 1. The molecule has 0 bridgehead atoms. The average Bonchev–Trinajstić information content (AvgIpc) is 2.41. The summed E-state index contributed by atoms with van der Waals surface area (Å²) in [5.74, 6) is 0.687. The van der Waals surface area contributed by atoms with Crippen molar-refractivity contribution in [2.45, 2.75) is 25.7 Å². The van der Waals surface area contributed by atoms with E-state index in [4.69, 9.17) is 11.6 Å². The fourth-order valence-corrected chi connectivity index (χ4v) is 2.83. The van der Waals surface area contributed by atoms with Gasteiger partial charge in [0.1, 0.15) is 5.15 Å². The highest BCUT2D eigenvalue weighted by molar-refractivity contribution is 6.30. The Morgan fingerprint density at radius 3 is 2.78 bits per heavy atom. The highest BCUT2D eigenvalue weighted by Gasteiger charge is 2.15. The molecule has 94 valence electrons. The first kappa shape index (κ1) is 11.9. The second kappa shape index (κ2) is 4.87. The minimum absolute atomic E-state index is 0.608. The Balaban J connectivity index is 2.02. The number of rotatable bonds is 1. The summed E-state index contributed by atoms with van der Waals surface area (Å²) in [4.78, 5) is 4.41. The van der Waals surface area contributed by atoms with E-state index in [1.807, 2.05) is 6.92 Å². The molecule has 2 nitrogen and oxygen atoms in total. The van der Waals surface area contributed by atoms with Gasteiger partial charge in [0.2, 0.25) is 0 Å². The quantitative estimate of drug-likeness (QED) is 0.792. The van der Waals surface area contributed by atoms with Gasteiger partial charge in [0.05, 0.1) is 5.52 Å². The average molecular weight is 261 g/mol. The van der Waals surface area contributed by atoms with Crippen molar-refractivity contribution in [2.24, 2.45) is 0 Å². The second-order valence-electron chi connectivity index (χ2n) is 5.07. The molecule has 2 aromatic rings. The van der Waals surface area contributed by atoms with E-state index in [2.05, 4.69) is 34.6 Å². The number of aryl methyl sites for hydroxylation is 1. The van der Waals surface area contributed by atoms with Gasteiger partial charge in [-0.2, -0.15) is 0 Å². The van der Waals surface area contributed by atoms with Crippen molar-refractivity contribution >= 4 is 22.5 Å². The Morgan fingerprint density at radius 2 is 2.00 bits per heavy atom. The topological polar surface area (TPSA) is 24.9 Å². The molecule has 1 aliphatic heterocycles. The molecular formula is C15H17ClN2. The maximum Gasteiger partial charge on any atom is 0.132 e. The Labute approximate surface area is 112 Å². The molecule has 1 aliphatic rings. The molecule has 0 aliphatic carbocycles. The lowest BCUT2D eigenvalue weighted by atomic mass is 9.89. The number of hydrogen-bond acceptors (Lipinski definition) is 2. The Kier molecular flexibility index (Phi) is 3.23. The van der Waals surface area contributed by atoms with Gasteiger partial charge in [-0.15, -0.1) is 0 Å². The second-order valence-corrected chi connectivity index (χ2v) is 5.43. The number of nitrogens with zero attached hydrogens (tertiary/aromatic N) is 1. The van der Waals surface area contributed by atoms with Crippen LogP contribution in [0, 0.1) is 6.92 Å². The number of piperidine rings is 1. The Morgan fingerprint density at radius 1 is 1.22 bits per heavy atom. The predicted octanol–water partition coefficient (Wildman–Crippen LogP) is 3.66. The van der Waals surface area contributed by atoms with Crippen molar-refractivity contribution < 1.29 is 0 Å². The van der Waals surface area contributed by atoms with Crippen LogP contribution in [0.1, 0.15) is 29.9 Å². The molecule has 0 spiro atoms. The Bertz CT molecular complexity index is 574. The van der Waals surface area contributed by atoms with Crippen LogP contribution >= 0.6 is 11.6 Å². The third-order valence-corrected chi connectivity index (χ3v) is 4.16. The van der Waals surface area contributed by atoms with E-state index >= 15 is 0 Å². The molecule has 0 saturated carbocycles. The van der Waals surface area contributed by atoms with Crippen molar-refractivity contribution in [3.8, 4) is 0 Å². The molecular weight excluding hydrogens is 244 g/mol. The van der Waals surface area contributed by atoms with Gasteiger partial charge in [-0.05, 0) is 68.1 Å². The van der Waals surface area contributed by atoms with E-state index in [0.717, 1.165) is 24.2 Å². The lowest BCUT2D eigenvalue weighted by Gasteiger charge is -2.23. The summed E-state index contributed by atoms with van der Waals surface area (Å²) in [6, 6.07) is 8.71. The summed E-state index contributed by atoms with van der Waals surface area (Å²) in [6.07, 6.45) is 2.46. The predicted molar refractivity (Wildman–Crippen MR) is 76.3 cm³/mol. The zero-order valence-electron chi connectivity index (χ0n) is 10.5. The van der Waals surface area contributed by atoms with Crippen LogP contribution in [0.15, 0.2) is 24.3 Å². The number of fused-ring (bicyclic) bond motifs is 1. The van der Waals surface area contributed by atoms with Gasteiger partial charge in [-0.1, -0.05) is 17.7 Å². The molecule has 0 radical (unpaired) electrons. The molecule has 1 saturated heterocycles. The normalized spacial score (nSPS) is 17.2. The largest absolute Gasteiger partial charge is 0.317 e. The Hall–Kier alpha value is -1.12. The number of aromatic nitrogens is 1. The number of nitrogens with one attached hydrogen (secondary N) is 1. The first-order valence-corrected chi connectivity index (χ1v) is 6.89. The third-order valence-electron chi connectivity index (χ3n) is 3.78. The van der Waals surface area contributed by atoms with Crippen LogP contribution in [0.5, 0.6) is 0 Å². The van der Waals surface area contributed by atoms with E-state index in [0.29, 0.717) is 11.1 Å². The lowest BCUT2D eigenvalue weighted by molar-refractivity contribution is 0.460. The van der Waals surface area contributed by atoms with Gasteiger partial charge in [0.25, 0.3) is 0 Å². The number of benzene rings is 1. The highest BCUT2D eigenvalue weighted by atomic mass is 35.5. The maximum absolute atomic E-state index is 6.06. The van der Waals surface area contributed by atoms with E-state index in [9.17, 15) is 0 Å². The summed E-state index contributed by atoms with van der Waals surface area (Å²) in [6.45, 7) is 4.26. The van der Waals surface area contributed by atoms with Gasteiger partial charge in [0.15, 0.2) is 0 Å². The SMILES string of the molecule is Cc1cc2cc(C3CCNCC3)ccc2nc1Cl. The van der Waals surface area contributed by atoms with Crippen LogP contribution in [-0.4, -0.2) is 18.1 Å². The highest BCUT2D eigenvalue weighted by Crippen LogP contribution is 2.28. The van der Waals surface area contributed by atoms with Crippen LogP contribution in [0.4, 0.5) is 0 Å². The van der Waals surface area contributed by atoms with Crippen molar-refractivity contribution in [3.63, 3.8) is 0 Å². The monoisotopic (exact) mass is 260 g/mol. The molecule has 1 aromatic carbocycles. The molecule has 0 unspecified atom stereocenters. The van der Waals surface area contributed by atoms with Gasteiger partial charge in [0, 0.05) is 5.39 Å².